The van der Waals surface area contributed by atoms with Gasteiger partial charge in [0.25, 0.3) is 5.91 Å². The maximum absolute atomic E-state index is 13.0. The van der Waals surface area contributed by atoms with Gasteiger partial charge in [-0.3, -0.25) is 4.79 Å². The molecule has 0 radical (unpaired) electrons. The molecular formula is C24H32N2O2. The van der Waals surface area contributed by atoms with Gasteiger partial charge in [-0.05, 0) is 75.2 Å². The Kier molecular flexibility index (Phi) is 5.84. The molecular weight excluding hydrogens is 348 g/mol. The summed E-state index contributed by atoms with van der Waals surface area (Å²) in [7, 11) is 0. The first-order valence-corrected chi connectivity index (χ1v) is 10.9. The summed E-state index contributed by atoms with van der Waals surface area (Å²) >= 11 is 0. The van der Waals surface area contributed by atoms with Gasteiger partial charge in [-0.15, -0.1) is 0 Å². The molecule has 0 spiro atoms. The molecule has 4 heteroatoms. The molecule has 150 valence electrons. The molecule has 2 aliphatic carbocycles. The number of benzene rings is 1. The van der Waals surface area contributed by atoms with Crippen LogP contribution in [0, 0.1) is 24.7 Å². The molecule has 1 N–H and O–H groups in total. The molecule has 2 aromatic rings. The molecule has 0 saturated heterocycles. The molecule has 2 atom stereocenters. The van der Waals surface area contributed by atoms with Crippen molar-refractivity contribution in [2.24, 2.45) is 17.8 Å². The molecule has 1 amide bonds. The van der Waals surface area contributed by atoms with Crippen LogP contribution in [0.25, 0.3) is 0 Å². The zero-order chi connectivity index (χ0) is 19.5. The van der Waals surface area contributed by atoms with Crippen molar-refractivity contribution in [3.63, 3.8) is 0 Å². The normalized spacial score (nSPS) is 26.8. The monoisotopic (exact) mass is 380 g/mol. The van der Waals surface area contributed by atoms with Gasteiger partial charge in [0.1, 0.15) is 0 Å². The quantitative estimate of drug-likeness (QED) is 0.758. The van der Waals surface area contributed by atoms with Gasteiger partial charge in [0.2, 0.25) is 5.76 Å². The number of hydrogen-bond acceptors (Lipinski definition) is 3. The second-order valence-electron chi connectivity index (χ2n) is 8.92. The fraction of sp³-hybridized carbons (Fsp3) is 0.583. The molecule has 1 heterocycles. The maximum atomic E-state index is 13.0. The smallest absolute Gasteiger partial charge is 0.290 e. The Balaban J connectivity index is 1.39. The number of aryl methyl sites for hydroxylation is 2. The summed E-state index contributed by atoms with van der Waals surface area (Å²) in [5, 5.41) is 7.36. The molecule has 2 saturated carbocycles. The van der Waals surface area contributed by atoms with Crippen molar-refractivity contribution in [1.82, 2.24) is 10.5 Å². The lowest BCUT2D eigenvalue weighted by molar-refractivity contribution is 0.0791. The van der Waals surface area contributed by atoms with E-state index in [1.807, 2.05) is 25.1 Å². The Morgan fingerprint density at radius 1 is 1.07 bits per heavy atom. The predicted octanol–water partition coefficient (Wildman–Crippen LogP) is 5.10. The highest BCUT2D eigenvalue weighted by molar-refractivity contribution is 5.93. The summed E-state index contributed by atoms with van der Waals surface area (Å²) in [6.07, 6.45) is 9.22. The fourth-order valence-electron chi connectivity index (χ4n) is 5.47. The molecule has 0 aliphatic heterocycles. The van der Waals surface area contributed by atoms with Crippen LogP contribution in [0.3, 0.4) is 0 Å². The average molecular weight is 381 g/mol. The van der Waals surface area contributed by atoms with E-state index in [0.29, 0.717) is 5.76 Å². The van der Waals surface area contributed by atoms with Gasteiger partial charge in [0, 0.05) is 11.6 Å². The Hall–Kier alpha value is -2.10. The maximum Gasteiger partial charge on any atom is 0.290 e. The highest BCUT2D eigenvalue weighted by atomic mass is 16.5. The number of amides is 1. The highest BCUT2D eigenvalue weighted by Crippen LogP contribution is 2.43. The number of aromatic nitrogens is 1. The van der Waals surface area contributed by atoms with Gasteiger partial charge in [0.05, 0.1) is 5.69 Å². The summed E-state index contributed by atoms with van der Waals surface area (Å²) < 4.78 is 5.45. The van der Waals surface area contributed by atoms with Crippen LogP contribution in [-0.4, -0.2) is 17.1 Å². The van der Waals surface area contributed by atoms with Gasteiger partial charge in [-0.25, -0.2) is 0 Å². The summed E-state index contributed by atoms with van der Waals surface area (Å²) in [6.45, 7) is 4.24. The number of carbonyl (C=O) groups is 1. The van der Waals surface area contributed by atoms with Crippen molar-refractivity contribution >= 4 is 5.91 Å². The molecule has 2 aliphatic rings. The van der Waals surface area contributed by atoms with E-state index < -0.39 is 0 Å². The molecule has 28 heavy (non-hydrogen) atoms. The largest absolute Gasteiger partial charge is 0.350 e. The van der Waals surface area contributed by atoms with Crippen LogP contribution in [0.2, 0.25) is 0 Å². The third-order valence-electron chi connectivity index (χ3n) is 6.85. The van der Waals surface area contributed by atoms with Crippen LogP contribution >= 0.6 is 0 Å². The molecule has 1 aromatic carbocycles. The fourth-order valence-corrected chi connectivity index (χ4v) is 5.47. The number of hydrogen-bond donors (Lipinski definition) is 1. The zero-order valence-corrected chi connectivity index (χ0v) is 17.1. The van der Waals surface area contributed by atoms with E-state index in [0.717, 1.165) is 54.7 Å². The zero-order valence-electron chi connectivity index (χ0n) is 17.1. The summed E-state index contributed by atoms with van der Waals surface area (Å²) in [5.74, 6) is 2.77. The Bertz CT molecular complexity index is 784. The van der Waals surface area contributed by atoms with Gasteiger partial charge in [0.15, 0.2) is 0 Å². The molecule has 2 fully saturated rings. The second kappa shape index (κ2) is 8.50. The van der Waals surface area contributed by atoms with Gasteiger partial charge < -0.3 is 9.84 Å². The van der Waals surface area contributed by atoms with E-state index in [9.17, 15) is 4.79 Å². The molecule has 4 nitrogen and oxygen atoms in total. The number of fused-ring (bicyclic) bond motifs is 2. The van der Waals surface area contributed by atoms with E-state index in [4.69, 9.17) is 4.52 Å². The molecule has 1 aromatic heterocycles. The topological polar surface area (TPSA) is 55.1 Å². The first kappa shape index (κ1) is 19.2. The van der Waals surface area contributed by atoms with E-state index >= 15 is 0 Å². The van der Waals surface area contributed by atoms with Crippen molar-refractivity contribution in [3.8, 4) is 0 Å². The van der Waals surface area contributed by atoms with Crippen LogP contribution < -0.4 is 5.32 Å². The standard InChI is InChI=1S/C24H32N2O2/c1-3-17-11-19-13-20(12-17)15-21(14-19)25-24(27)23-22(16(2)26-28-23)10-9-18-7-5-4-6-8-18/h4-8,17,19-21H,3,9-15H2,1-2H3,(H,25,27). The minimum atomic E-state index is -0.0827. The van der Waals surface area contributed by atoms with Crippen LogP contribution in [-0.2, 0) is 12.8 Å². The number of nitrogens with one attached hydrogen (secondary N) is 1. The Morgan fingerprint density at radius 2 is 1.79 bits per heavy atom. The number of rotatable bonds is 6. The van der Waals surface area contributed by atoms with E-state index in [2.05, 4.69) is 29.5 Å². The highest BCUT2D eigenvalue weighted by Gasteiger charge is 2.36. The molecule has 4 rings (SSSR count). The molecule has 2 unspecified atom stereocenters. The SMILES string of the molecule is CCC1CC2CC(C1)CC(NC(=O)c1onc(C)c1CCc1ccccc1)C2. The minimum absolute atomic E-state index is 0.0827. The second-order valence-corrected chi connectivity index (χ2v) is 8.92. The predicted molar refractivity (Wildman–Crippen MR) is 110 cm³/mol. The lowest BCUT2D eigenvalue weighted by Gasteiger charge is -2.42. The van der Waals surface area contributed by atoms with Crippen LogP contribution in [0.5, 0.6) is 0 Å². The average Bonchev–Trinajstić information content (AvgIpc) is 3.07. The van der Waals surface area contributed by atoms with Crippen LogP contribution in [0.15, 0.2) is 34.9 Å². The first-order valence-electron chi connectivity index (χ1n) is 10.9. The number of carbonyl (C=O) groups excluding carboxylic acids is 1. The van der Waals surface area contributed by atoms with Crippen molar-refractivity contribution < 1.29 is 9.32 Å². The summed E-state index contributed by atoms with van der Waals surface area (Å²) in [6, 6.07) is 10.6. The third-order valence-corrected chi connectivity index (χ3v) is 6.85. The van der Waals surface area contributed by atoms with Crippen molar-refractivity contribution in [2.75, 3.05) is 0 Å². The Labute approximate surface area is 168 Å². The van der Waals surface area contributed by atoms with Crippen molar-refractivity contribution in [3.05, 3.63) is 52.9 Å². The lowest BCUT2D eigenvalue weighted by Crippen LogP contribution is -2.43. The molecule has 2 bridgehead atoms. The van der Waals surface area contributed by atoms with E-state index in [1.165, 1.54) is 31.2 Å². The van der Waals surface area contributed by atoms with Crippen LogP contribution in [0.1, 0.15) is 72.8 Å². The summed E-state index contributed by atoms with van der Waals surface area (Å²) in [4.78, 5) is 13.0. The van der Waals surface area contributed by atoms with Crippen molar-refractivity contribution in [2.45, 2.75) is 71.3 Å². The number of nitrogens with zero attached hydrogens (tertiary/aromatic N) is 1. The van der Waals surface area contributed by atoms with Crippen molar-refractivity contribution in [1.29, 1.82) is 0 Å². The van der Waals surface area contributed by atoms with Gasteiger partial charge >= 0.3 is 0 Å². The minimum Gasteiger partial charge on any atom is -0.350 e. The van der Waals surface area contributed by atoms with Gasteiger partial charge in [-0.2, -0.15) is 0 Å². The lowest BCUT2D eigenvalue weighted by atomic mass is 9.66. The van der Waals surface area contributed by atoms with Gasteiger partial charge in [-0.1, -0.05) is 48.8 Å². The van der Waals surface area contributed by atoms with E-state index in [1.54, 1.807) is 0 Å². The van der Waals surface area contributed by atoms with Crippen LogP contribution in [0.4, 0.5) is 0 Å². The Morgan fingerprint density at radius 3 is 2.46 bits per heavy atom. The van der Waals surface area contributed by atoms with E-state index in [-0.39, 0.29) is 11.9 Å². The summed E-state index contributed by atoms with van der Waals surface area (Å²) in [5.41, 5.74) is 3.04. The third kappa shape index (κ3) is 4.31. The first-order chi connectivity index (χ1) is 13.6.